The topological polar surface area (TPSA) is 40.5 Å². The van der Waals surface area contributed by atoms with Gasteiger partial charge in [-0.3, -0.25) is 4.79 Å². The van der Waals surface area contributed by atoms with Crippen molar-refractivity contribution in [2.24, 2.45) is 5.92 Å². The zero-order valence-electron chi connectivity index (χ0n) is 12.2. The van der Waals surface area contributed by atoms with E-state index in [1.165, 1.54) is 5.56 Å². The van der Waals surface area contributed by atoms with Gasteiger partial charge < -0.3 is 10.0 Å². The fourth-order valence-electron chi connectivity index (χ4n) is 2.83. The third-order valence-corrected chi connectivity index (χ3v) is 4.28. The molecular weight excluding hydrogens is 238 g/mol. The van der Waals surface area contributed by atoms with E-state index in [1.807, 2.05) is 30.9 Å². The lowest BCUT2D eigenvalue weighted by molar-refractivity contribution is -0.117. The van der Waals surface area contributed by atoms with Gasteiger partial charge in [-0.25, -0.2) is 0 Å². The average Bonchev–Trinajstić information content (AvgIpc) is 2.59. The van der Waals surface area contributed by atoms with Gasteiger partial charge in [0.05, 0.1) is 0 Å². The van der Waals surface area contributed by atoms with E-state index in [0.29, 0.717) is 12.3 Å². The van der Waals surface area contributed by atoms with Crippen molar-refractivity contribution in [2.75, 3.05) is 11.5 Å². The Balaban J connectivity index is 2.33. The number of nitrogens with zero attached hydrogens (tertiary/aromatic N) is 1. The number of anilines is 1. The van der Waals surface area contributed by atoms with Gasteiger partial charge in [0, 0.05) is 30.2 Å². The molecule has 3 heteroatoms. The van der Waals surface area contributed by atoms with E-state index in [2.05, 4.69) is 26.0 Å². The first-order chi connectivity index (χ1) is 8.87. The molecule has 3 nitrogen and oxygen atoms in total. The molecule has 0 saturated carbocycles. The molecule has 1 unspecified atom stereocenters. The monoisotopic (exact) mass is 261 g/mol. The molecular formula is C16H23NO2. The third-order valence-electron chi connectivity index (χ3n) is 4.28. The van der Waals surface area contributed by atoms with Crippen LogP contribution < -0.4 is 4.90 Å². The minimum absolute atomic E-state index is 0.00442. The Morgan fingerprint density at radius 2 is 1.89 bits per heavy atom. The summed E-state index contributed by atoms with van der Waals surface area (Å²) in [5.74, 6) is 0.590. The molecule has 1 aliphatic rings. The Morgan fingerprint density at radius 1 is 1.32 bits per heavy atom. The van der Waals surface area contributed by atoms with Gasteiger partial charge in [-0.2, -0.15) is 0 Å². The lowest BCUT2D eigenvalue weighted by Crippen LogP contribution is -2.45. The van der Waals surface area contributed by atoms with E-state index < -0.39 is 0 Å². The molecule has 1 amide bonds. The Bertz CT molecular complexity index is 462. The smallest absolute Gasteiger partial charge is 0.227 e. The molecule has 0 radical (unpaired) electrons. The number of hydrogen-bond acceptors (Lipinski definition) is 2. The fourth-order valence-corrected chi connectivity index (χ4v) is 2.83. The van der Waals surface area contributed by atoms with Crippen LogP contribution >= 0.6 is 0 Å². The highest BCUT2D eigenvalue weighted by Crippen LogP contribution is 2.39. The normalized spacial score (nSPS) is 22.3. The van der Waals surface area contributed by atoms with Crippen molar-refractivity contribution >= 4 is 11.6 Å². The van der Waals surface area contributed by atoms with Crippen molar-refractivity contribution in [3.63, 3.8) is 0 Å². The zero-order chi connectivity index (χ0) is 14.2. The Hall–Kier alpha value is -1.35. The van der Waals surface area contributed by atoms with Crippen molar-refractivity contribution in [3.05, 3.63) is 29.8 Å². The van der Waals surface area contributed by atoms with Crippen molar-refractivity contribution in [3.8, 4) is 0 Å². The molecule has 1 aromatic rings. The molecule has 19 heavy (non-hydrogen) atoms. The van der Waals surface area contributed by atoms with Gasteiger partial charge >= 0.3 is 0 Å². The summed E-state index contributed by atoms with van der Waals surface area (Å²) in [5.41, 5.74) is 1.87. The number of aliphatic hydroxyl groups is 1. The number of rotatable bonds is 3. The zero-order valence-corrected chi connectivity index (χ0v) is 12.2. The lowest BCUT2D eigenvalue weighted by atomic mass is 9.89. The van der Waals surface area contributed by atoms with Gasteiger partial charge in [0.1, 0.15) is 0 Å². The molecule has 1 atom stereocenters. The first kappa shape index (κ1) is 14.1. The molecule has 104 valence electrons. The quantitative estimate of drug-likeness (QED) is 0.908. The first-order valence-electron chi connectivity index (χ1n) is 6.91. The molecule has 1 fully saturated rings. The maximum atomic E-state index is 12.2. The van der Waals surface area contributed by atoms with Crippen LogP contribution in [-0.4, -0.2) is 23.2 Å². The van der Waals surface area contributed by atoms with Crippen LogP contribution in [0, 0.1) is 5.92 Å². The van der Waals surface area contributed by atoms with Gasteiger partial charge in [0.25, 0.3) is 0 Å². The van der Waals surface area contributed by atoms with E-state index in [4.69, 9.17) is 0 Å². The van der Waals surface area contributed by atoms with Crippen LogP contribution in [0.4, 0.5) is 5.69 Å². The highest BCUT2D eigenvalue weighted by Gasteiger charge is 2.46. The molecule has 1 aliphatic heterocycles. The molecule has 2 rings (SSSR count). The summed E-state index contributed by atoms with van der Waals surface area (Å²) in [5, 5.41) is 9.42. The van der Waals surface area contributed by atoms with Crippen molar-refractivity contribution in [1.82, 2.24) is 0 Å². The van der Waals surface area contributed by atoms with E-state index in [1.54, 1.807) is 0 Å². The molecule has 1 aromatic carbocycles. The van der Waals surface area contributed by atoms with Crippen molar-refractivity contribution in [2.45, 2.75) is 45.6 Å². The second kappa shape index (κ2) is 4.97. The summed E-state index contributed by atoms with van der Waals surface area (Å²) in [6.07, 6.45) is 0.426. The number of benzene rings is 1. The SMILES string of the molecule is CC(C)c1ccc(N2C(=O)CC(CO)C2(C)C)cc1. The molecule has 0 aliphatic carbocycles. The van der Waals surface area contributed by atoms with Crippen LogP contribution in [0.1, 0.15) is 45.6 Å². The summed E-state index contributed by atoms with van der Waals surface area (Å²) < 4.78 is 0. The van der Waals surface area contributed by atoms with Crippen LogP contribution in [-0.2, 0) is 4.79 Å². The van der Waals surface area contributed by atoms with Crippen LogP contribution in [0.2, 0.25) is 0 Å². The molecule has 0 bridgehead atoms. The van der Waals surface area contributed by atoms with E-state index in [0.717, 1.165) is 5.69 Å². The molecule has 1 saturated heterocycles. The number of aliphatic hydroxyl groups excluding tert-OH is 1. The number of amides is 1. The Morgan fingerprint density at radius 3 is 2.32 bits per heavy atom. The summed E-state index contributed by atoms with van der Waals surface area (Å²) in [7, 11) is 0. The van der Waals surface area contributed by atoms with E-state index in [-0.39, 0.29) is 24.0 Å². The third kappa shape index (κ3) is 2.39. The van der Waals surface area contributed by atoms with Gasteiger partial charge in [-0.05, 0) is 37.5 Å². The van der Waals surface area contributed by atoms with Crippen LogP contribution in [0.3, 0.4) is 0 Å². The fraction of sp³-hybridized carbons (Fsp3) is 0.562. The van der Waals surface area contributed by atoms with Gasteiger partial charge in [-0.1, -0.05) is 26.0 Å². The van der Waals surface area contributed by atoms with E-state index in [9.17, 15) is 9.90 Å². The summed E-state index contributed by atoms with van der Waals surface area (Å²) in [4.78, 5) is 14.0. The number of hydrogen-bond donors (Lipinski definition) is 1. The number of carbonyl (C=O) groups is 1. The maximum Gasteiger partial charge on any atom is 0.227 e. The van der Waals surface area contributed by atoms with Crippen molar-refractivity contribution in [1.29, 1.82) is 0 Å². The first-order valence-corrected chi connectivity index (χ1v) is 6.91. The van der Waals surface area contributed by atoms with Gasteiger partial charge in [-0.15, -0.1) is 0 Å². The summed E-state index contributed by atoms with van der Waals surface area (Å²) >= 11 is 0. The van der Waals surface area contributed by atoms with Gasteiger partial charge in [0.2, 0.25) is 5.91 Å². The Labute approximate surface area is 115 Å². The predicted molar refractivity (Wildman–Crippen MR) is 77.3 cm³/mol. The van der Waals surface area contributed by atoms with Gasteiger partial charge in [0.15, 0.2) is 0 Å². The standard InChI is InChI=1S/C16H23NO2/c1-11(2)12-5-7-14(8-6-12)17-15(19)9-13(10-18)16(17,3)4/h5-8,11,13,18H,9-10H2,1-4H3. The highest BCUT2D eigenvalue weighted by molar-refractivity contribution is 5.97. The Kier molecular flexibility index (Phi) is 3.68. The highest BCUT2D eigenvalue weighted by atomic mass is 16.3. The second-order valence-corrected chi connectivity index (χ2v) is 6.21. The lowest BCUT2D eigenvalue weighted by Gasteiger charge is -2.35. The number of carbonyl (C=O) groups excluding carboxylic acids is 1. The van der Waals surface area contributed by atoms with Crippen molar-refractivity contribution < 1.29 is 9.90 Å². The predicted octanol–water partition coefficient (Wildman–Crippen LogP) is 2.93. The van der Waals surface area contributed by atoms with Crippen LogP contribution in [0.15, 0.2) is 24.3 Å². The summed E-state index contributed by atoms with van der Waals surface area (Å²) in [6.45, 7) is 8.41. The maximum absolute atomic E-state index is 12.2. The molecule has 1 heterocycles. The summed E-state index contributed by atoms with van der Waals surface area (Å²) in [6, 6.07) is 8.18. The minimum atomic E-state index is -0.328. The molecule has 0 spiro atoms. The largest absolute Gasteiger partial charge is 0.396 e. The second-order valence-electron chi connectivity index (χ2n) is 6.21. The van der Waals surface area contributed by atoms with E-state index >= 15 is 0 Å². The minimum Gasteiger partial charge on any atom is -0.396 e. The molecule has 0 aromatic heterocycles. The van der Waals surface area contributed by atoms with Crippen LogP contribution in [0.25, 0.3) is 0 Å². The average molecular weight is 261 g/mol. The molecule has 1 N–H and O–H groups in total. The van der Waals surface area contributed by atoms with Crippen LogP contribution in [0.5, 0.6) is 0 Å².